The Hall–Kier alpha value is -3.02. The van der Waals surface area contributed by atoms with Crippen LogP contribution in [-0.2, 0) is 4.79 Å². The Morgan fingerprint density at radius 1 is 1.12 bits per heavy atom. The van der Waals surface area contributed by atoms with Gasteiger partial charge in [-0.1, -0.05) is 18.2 Å². The number of halogens is 2. The molecular formula is C18H12F2NO3-. The third-order valence-corrected chi connectivity index (χ3v) is 3.90. The van der Waals surface area contributed by atoms with Gasteiger partial charge in [0.25, 0.3) is 0 Å². The summed E-state index contributed by atoms with van der Waals surface area (Å²) >= 11 is 0. The third-order valence-electron chi connectivity index (χ3n) is 3.90. The minimum atomic E-state index is -1.43. The maximum absolute atomic E-state index is 13.7. The van der Waals surface area contributed by atoms with Crippen LogP contribution < -0.4 is 5.11 Å². The molecule has 0 aliphatic heterocycles. The van der Waals surface area contributed by atoms with Crippen molar-refractivity contribution in [2.24, 2.45) is 0 Å². The Morgan fingerprint density at radius 3 is 2.58 bits per heavy atom. The van der Waals surface area contributed by atoms with Gasteiger partial charge in [-0.25, -0.2) is 8.78 Å². The highest BCUT2D eigenvalue weighted by atomic mass is 19.1. The summed E-state index contributed by atoms with van der Waals surface area (Å²) in [5.41, 5.74) is 0.767. The zero-order chi connectivity index (χ0) is 17.3. The van der Waals surface area contributed by atoms with Gasteiger partial charge in [0.15, 0.2) is 5.78 Å². The number of hydrogen-bond acceptors (Lipinski definition) is 3. The molecule has 3 rings (SSSR count). The second-order valence-electron chi connectivity index (χ2n) is 5.41. The molecule has 3 aromatic rings. The van der Waals surface area contributed by atoms with Crippen molar-refractivity contribution in [3.8, 4) is 0 Å². The SMILES string of the molecule is O=C(C[C@H](C(=O)[O-])c1c[nH]c2ccccc12)c1ccc(F)cc1F. The van der Waals surface area contributed by atoms with Gasteiger partial charge >= 0.3 is 0 Å². The number of fused-ring (bicyclic) bond motifs is 1. The van der Waals surface area contributed by atoms with E-state index < -0.39 is 35.7 Å². The summed E-state index contributed by atoms with van der Waals surface area (Å²) in [7, 11) is 0. The predicted octanol–water partition coefficient (Wildman–Crippen LogP) is 2.55. The zero-order valence-corrected chi connectivity index (χ0v) is 12.4. The summed E-state index contributed by atoms with van der Waals surface area (Å²) in [6, 6.07) is 9.58. The van der Waals surface area contributed by atoms with E-state index in [1.54, 1.807) is 24.3 Å². The lowest BCUT2D eigenvalue weighted by Crippen LogP contribution is -2.31. The van der Waals surface area contributed by atoms with Gasteiger partial charge < -0.3 is 14.9 Å². The molecule has 4 nitrogen and oxygen atoms in total. The topological polar surface area (TPSA) is 73.0 Å². The molecule has 0 saturated heterocycles. The highest BCUT2D eigenvalue weighted by molar-refractivity contribution is 6.00. The molecule has 1 N–H and O–H groups in total. The van der Waals surface area contributed by atoms with Crippen LogP contribution in [0.4, 0.5) is 8.78 Å². The fourth-order valence-electron chi connectivity index (χ4n) is 2.71. The molecule has 2 aromatic carbocycles. The Kier molecular flexibility index (Phi) is 4.12. The highest BCUT2D eigenvalue weighted by Gasteiger charge is 2.23. The number of ketones is 1. The first kappa shape index (κ1) is 15.9. The monoisotopic (exact) mass is 328 g/mol. The number of hydrogen-bond donors (Lipinski definition) is 1. The second-order valence-corrected chi connectivity index (χ2v) is 5.41. The van der Waals surface area contributed by atoms with Gasteiger partial charge in [0.05, 0.1) is 5.56 Å². The van der Waals surface area contributed by atoms with Crippen molar-refractivity contribution in [3.63, 3.8) is 0 Å². The van der Waals surface area contributed by atoms with Gasteiger partial charge in [-0.05, 0) is 23.8 Å². The molecule has 1 atom stereocenters. The normalized spacial score (nSPS) is 12.2. The van der Waals surface area contributed by atoms with Crippen LogP contribution in [0.25, 0.3) is 10.9 Å². The number of aromatic amines is 1. The fraction of sp³-hybridized carbons (Fsp3) is 0.111. The second kappa shape index (κ2) is 6.23. The van der Waals surface area contributed by atoms with Crippen molar-refractivity contribution in [1.29, 1.82) is 0 Å². The van der Waals surface area contributed by atoms with Gasteiger partial charge in [0.1, 0.15) is 11.6 Å². The van der Waals surface area contributed by atoms with E-state index in [0.717, 1.165) is 17.6 Å². The first-order chi connectivity index (χ1) is 11.5. The van der Waals surface area contributed by atoms with Crippen LogP contribution in [0.1, 0.15) is 28.3 Å². The molecule has 0 saturated carbocycles. The van der Waals surface area contributed by atoms with Gasteiger partial charge in [-0.15, -0.1) is 0 Å². The average molecular weight is 328 g/mol. The molecular weight excluding hydrogens is 316 g/mol. The number of Topliss-reactive ketones (excluding diaryl/α,β-unsaturated/α-hetero) is 1. The van der Waals surface area contributed by atoms with Crippen LogP contribution in [0, 0.1) is 11.6 Å². The van der Waals surface area contributed by atoms with Crippen molar-refractivity contribution < 1.29 is 23.5 Å². The smallest absolute Gasteiger partial charge is 0.166 e. The summed E-state index contributed by atoms with van der Waals surface area (Å²) in [4.78, 5) is 26.7. The summed E-state index contributed by atoms with van der Waals surface area (Å²) in [6.07, 6.45) is 1.02. The first-order valence-electron chi connectivity index (χ1n) is 7.22. The molecule has 0 spiro atoms. The molecule has 6 heteroatoms. The average Bonchev–Trinajstić information content (AvgIpc) is 2.96. The predicted molar refractivity (Wildman–Crippen MR) is 81.4 cm³/mol. The molecule has 0 amide bonds. The standard InChI is InChI=1S/C18H13F2NO3/c19-10-5-6-12(15(20)7-10)17(22)8-13(18(23)24)14-9-21-16-4-2-1-3-11(14)16/h1-7,9,13,21H,8H2,(H,23,24)/p-1/t13-/m0/s1. The van der Waals surface area contributed by atoms with E-state index in [2.05, 4.69) is 4.98 Å². The summed E-state index contributed by atoms with van der Waals surface area (Å²) < 4.78 is 26.7. The molecule has 1 aromatic heterocycles. The lowest BCUT2D eigenvalue weighted by Gasteiger charge is -2.17. The van der Waals surface area contributed by atoms with Crippen molar-refractivity contribution in [3.05, 3.63) is 71.4 Å². The maximum atomic E-state index is 13.7. The van der Waals surface area contributed by atoms with Crippen molar-refractivity contribution in [2.45, 2.75) is 12.3 Å². The third kappa shape index (κ3) is 2.90. The number of benzene rings is 2. The fourth-order valence-corrected chi connectivity index (χ4v) is 2.71. The minimum Gasteiger partial charge on any atom is -0.549 e. The van der Waals surface area contributed by atoms with Crippen LogP contribution in [0.15, 0.2) is 48.7 Å². The molecule has 0 unspecified atom stereocenters. The Balaban J connectivity index is 1.95. The molecule has 0 aliphatic rings. The van der Waals surface area contributed by atoms with Gasteiger partial charge in [-0.3, -0.25) is 4.79 Å². The van der Waals surface area contributed by atoms with E-state index in [1.807, 2.05) is 0 Å². The van der Waals surface area contributed by atoms with Gasteiger partial charge in [0, 0.05) is 41.5 Å². The lowest BCUT2D eigenvalue weighted by atomic mass is 9.91. The summed E-state index contributed by atoms with van der Waals surface area (Å²) in [5.74, 6) is -5.23. The maximum Gasteiger partial charge on any atom is 0.166 e. The van der Waals surface area contributed by atoms with E-state index in [9.17, 15) is 23.5 Å². The number of carbonyl (C=O) groups excluding carboxylic acids is 2. The van der Waals surface area contributed by atoms with Crippen molar-refractivity contribution >= 4 is 22.7 Å². The number of carboxylic acids is 1. The van der Waals surface area contributed by atoms with Crippen LogP contribution >= 0.6 is 0 Å². The Morgan fingerprint density at radius 2 is 1.88 bits per heavy atom. The van der Waals surface area contributed by atoms with E-state index in [-0.39, 0.29) is 5.56 Å². The van der Waals surface area contributed by atoms with E-state index in [0.29, 0.717) is 17.0 Å². The Labute approximate surface area is 135 Å². The van der Waals surface area contributed by atoms with Crippen LogP contribution in [0.2, 0.25) is 0 Å². The highest BCUT2D eigenvalue weighted by Crippen LogP contribution is 2.29. The number of carboxylic acid groups (broad SMARTS) is 1. The van der Waals surface area contributed by atoms with Gasteiger partial charge in [-0.2, -0.15) is 0 Å². The van der Waals surface area contributed by atoms with E-state index >= 15 is 0 Å². The first-order valence-corrected chi connectivity index (χ1v) is 7.22. The molecule has 0 bridgehead atoms. The van der Waals surface area contributed by atoms with Crippen LogP contribution in [0.3, 0.4) is 0 Å². The van der Waals surface area contributed by atoms with Crippen molar-refractivity contribution in [2.75, 3.05) is 0 Å². The number of carbonyl (C=O) groups is 2. The van der Waals surface area contributed by atoms with Crippen LogP contribution in [0.5, 0.6) is 0 Å². The molecule has 24 heavy (non-hydrogen) atoms. The molecule has 122 valence electrons. The van der Waals surface area contributed by atoms with Crippen LogP contribution in [-0.4, -0.2) is 16.7 Å². The molecule has 0 fully saturated rings. The number of para-hydroxylation sites is 1. The van der Waals surface area contributed by atoms with Crippen molar-refractivity contribution in [1.82, 2.24) is 4.98 Å². The number of aromatic nitrogens is 1. The largest absolute Gasteiger partial charge is 0.549 e. The Bertz CT molecular complexity index is 933. The number of nitrogens with one attached hydrogen (secondary N) is 1. The molecule has 0 aliphatic carbocycles. The molecule has 0 radical (unpaired) electrons. The lowest BCUT2D eigenvalue weighted by molar-refractivity contribution is -0.307. The van der Waals surface area contributed by atoms with Gasteiger partial charge in [0.2, 0.25) is 0 Å². The number of rotatable bonds is 5. The van der Waals surface area contributed by atoms with E-state index in [1.165, 1.54) is 6.20 Å². The number of H-pyrrole nitrogens is 1. The number of aliphatic carboxylic acids is 1. The minimum absolute atomic E-state index is 0.345. The molecule has 1 heterocycles. The quantitative estimate of drug-likeness (QED) is 0.732. The zero-order valence-electron chi connectivity index (χ0n) is 12.4. The summed E-state index contributed by atoms with van der Waals surface area (Å²) in [6.45, 7) is 0. The summed E-state index contributed by atoms with van der Waals surface area (Å²) in [5, 5.41) is 12.2. The van der Waals surface area contributed by atoms with E-state index in [4.69, 9.17) is 0 Å².